The molecule has 1 saturated carbocycles. The number of aliphatic hydroxyl groups is 1. The Labute approximate surface area is 211 Å². The van der Waals surface area contributed by atoms with Crippen LogP contribution in [0.3, 0.4) is 0 Å². The van der Waals surface area contributed by atoms with Gasteiger partial charge in [-0.15, -0.1) is 0 Å². The summed E-state index contributed by atoms with van der Waals surface area (Å²) in [6.45, 7) is 0.345. The third-order valence-corrected chi connectivity index (χ3v) is 7.48. The Balaban J connectivity index is 1.60. The molecule has 1 amide bonds. The maximum Gasteiger partial charge on any atom is 0.417 e. The Morgan fingerprint density at radius 3 is 2.53 bits per heavy atom. The number of hydrogen-bond donors (Lipinski definition) is 1. The van der Waals surface area contributed by atoms with Crippen LogP contribution < -0.4 is 19.4 Å². The van der Waals surface area contributed by atoms with Crippen LogP contribution in [0.15, 0.2) is 36.4 Å². The molecule has 11 heteroatoms. The van der Waals surface area contributed by atoms with Gasteiger partial charge in [-0.1, -0.05) is 12.8 Å². The molecule has 1 N–H and O–H groups in total. The molecule has 36 heavy (non-hydrogen) atoms. The lowest BCUT2D eigenvalue weighted by Gasteiger charge is -2.36. The Morgan fingerprint density at radius 2 is 1.89 bits per heavy atom. The van der Waals surface area contributed by atoms with Crippen molar-refractivity contribution >= 4 is 40.3 Å². The highest BCUT2D eigenvalue weighted by molar-refractivity contribution is 7.81. The Hall–Kier alpha value is -3.36. The summed E-state index contributed by atoms with van der Waals surface area (Å²) in [6, 6.07) is 10.2. The molecule has 5 rings (SSSR count). The van der Waals surface area contributed by atoms with Gasteiger partial charge in [0.05, 0.1) is 41.7 Å². The number of aliphatic hydroxyl groups excluding tert-OH is 1. The molecule has 2 aromatic carbocycles. The highest BCUT2D eigenvalue weighted by Crippen LogP contribution is 2.48. The van der Waals surface area contributed by atoms with Gasteiger partial charge in [0, 0.05) is 12.7 Å². The number of benzene rings is 2. The molecule has 0 bridgehead atoms. The van der Waals surface area contributed by atoms with E-state index < -0.39 is 22.8 Å². The first-order valence-electron chi connectivity index (χ1n) is 11.5. The first-order valence-corrected chi connectivity index (χ1v) is 11.9. The number of rotatable bonds is 3. The Bertz CT molecular complexity index is 1290. The topological polar surface area (TPSA) is 80.0 Å². The SMILES string of the molecule is CN1C[C@H](CO)Oc2ccc(N3C(=S)N(c4ccc(C#N)c(C(F)(F)F)c4)C(=O)C34CCCC4)cc21. The van der Waals surface area contributed by atoms with Crippen LogP contribution in [-0.2, 0) is 11.0 Å². The van der Waals surface area contributed by atoms with Crippen molar-refractivity contribution in [1.82, 2.24) is 0 Å². The van der Waals surface area contributed by atoms with Crippen LogP contribution >= 0.6 is 12.2 Å². The minimum atomic E-state index is -4.76. The van der Waals surface area contributed by atoms with Gasteiger partial charge in [-0.3, -0.25) is 9.69 Å². The van der Waals surface area contributed by atoms with E-state index in [2.05, 4.69) is 0 Å². The maximum absolute atomic E-state index is 13.9. The number of carbonyl (C=O) groups is 1. The second-order valence-corrected chi connectivity index (χ2v) is 9.66. The number of hydrogen-bond acceptors (Lipinski definition) is 6. The Kier molecular flexibility index (Phi) is 5.84. The van der Waals surface area contributed by atoms with Crippen LogP contribution in [0, 0.1) is 11.3 Å². The van der Waals surface area contributed by atoms with Gasteiger partial charge in [0.15, 0.2) is 5.11 Å². The van der Waals surface area contributed by atoms with E-state index >= 15 is 0 Å². The number of thiocarbonyl (C=S) groups is 1. The van der Waals surface area contributed by atoms with Gasteiger partial charge in [-0.2, -0.15) is 18.4 Å². The highest BCUT2D eigenvalue weighted by atomic mass is 32.1. The standard InChI is InChI=1S/C25H23F3N4O3S/c1-30-13-18(14-33)35-21-7-6-17(11-20(21)30)32-23(36)31(22(34)24(32)8-2-3-9-24)16-5-4-15(12-29)19(10-16)25(26,27)28/h4-7,10-11,18,33H,2-3,8-9,13-14H2,1H3/t18-/m1/s1. The molecule has 1 aliphatic carbocycles. The van der Waals surface area contributed by atoms with Crippen molar-refractivity contribution in [2.24, 2.45) is 0 Å². The van der Waals surface area contributed by atoms with Crippen molar-refractivity contribution in [3.8, 4) is 11.8 Å². The molecule has 0 radical (unpaired) electrons. The van der Waals surface area contributed by atoms with E-state index in [4.69, 9.17) is 22.2 Å². The molecule has 7 nitrogen and oxygen atoms in total. The smallest absolute Gasteiger partial charge is 0.417 e. The molecule has 2 heterocycles. The third-order valence-electron chi connectivity index (χ3n) is 7.12. The molecule has 3 aliphatic rings. The van der Waals surface area contributed by atoms with Crippen molar-refractivity contribution in [3.05, 3.63) is 47.5 Å². The van der Waals surface area contributed by atoms with E-state index in [1.807, 2.05) is 18.0 Å². The number of ether oxygens (including phenoxy) is 1. The summed E-state index contributed by atoms with van der Waals surface area (Å²) in [5, 5.41) is 18.7. The molecular weight excluding hydrogens is 493 g/mol. The molecule has 0 aromatic heterocycles. The second kappa shape index (κ2) is 8.64. The van der Waals surface area contributed by atoms with Crippen molar-refractivity contribution in [3.63, 3.8) is 0 Å². The fourth-order valence-electron chi connectivity index (χ4n) is 5.42. The molecule has 2 aromatic rings. The lowest BCUT2D eigenvalue weighted by atomic mass is 9.94. The average molecular weight is 517 g/mol. The Morgan fingerprint density at radius 1 is 1.19 bits per heavy atom. The van der Waals surface area contributed by atoms with E-state index in [0.29, 0.717) is 30.8 Å². The van der Waals surface area contributed by atoms with Gasteiger partial charge in [0.2, 0.25) is 0 Å². The van der Waals surface area contributed by atoms with Crippen LogP contribution in [0.4, 0.5) is 30.2 Å². The minimum absolute atomic E-state index is 0.0192. The zero-order valence-electron chi connectivity index (χ0n) is 19.4. The summed E-state index contributed by atoms with van der Waals surface area (Å²) in [5.41, 5.74) is -1.25. The molecule has 1 saturated heterocycles. The monoisotopic (exact) mass is 516 g/mol. The molecule has 2 fully saturated rings. The largest absolute Gasteiger partial charge is 0.484 e. The van der Waals surface area contributed by atoms with Crippen LogP contribution in [0.1, 0.15) is 36.8 Å². The maximum atomic E-state index is 13.9. The summed E-state index contributed by atoms with van der Waals surface area (Å²) >= 11 is 5.74. The third kappa shape index (κ3) is 3.67. The van der Waals surface area contributed by atoms with Crippen LogP contribution in [0.5, 0.6) is 5.75 Å². The number of anilines is 3. The van der Waals surface area contributed by atoms with Crippen molar-refractivity contribution < 1.29 is 27.8 Å². The molecular formula is C25H23F3N4O3S. The molecule has 0 unspecified atom stereocenters. The van der Waals surface area contributed by atoms with E-state index in [1.54, 1.807) is 23.1 Å². The lowest BCUT2D eigenvalue weighted by Crippen LogP contribution is -2.48. The normalized spacial score (nSPS) is 21.1. The van der Waals surface area contributed by atoms with Gasteiger partial charge in [0.25, 0.3) is 5.91 Å². The van der Waals surface area contributed by atoms with Gasteiger partial charge in [-0.25, -0.2) is 0 Å². The van der Waals surface area contributed by atoms with Crippen LogP contribution in [0.2, 0.25) is 0 Å². The quantitative estimate of drug-likeness (QED) is 0.612. The van der Waals surface area contributed by atoms with Crippen LogP contribution in [-0.4, -0.2) is 48.0 Å². The summed E-state index contributed by atoms with van der Waals surface area (Å²) in [7, 11) is 1.87. The highest BCUT2D eigenvalue weighted by Gasteiger charge is 2.57. The average Bonchev–Trinajstić information content (AvgIpc) is 3.41. The first-order chi connectivity index (χ1) is 17.1. The van der Waals surface area contributed by atoms with E-state index in [0.717, 1.165) is 30.7 Å². The molecule has 1 atom stereocenters. The van der Waals surface area contributed by atoms with E-state index in [9.17, 15) is 23.1 Å². The number of carbonyl (C=O) groups excluding carboxylic acids is 1. The van der Waals surface area contributed by atoms with Gasteiger partial charge >= 0.3 is 6.18 Å². The number of likely N-dealkylation sites (N-methyl/N-ethyl adjacent to an activating group) is 1. The summed E-state index contributed by atoms with van der Waals surface area (Å²) in [4.78, 5) is 18.7. The number of amides is 1. The van der Waals surface area contributed by atoms with E-state index in [1.165, 1.54) is 11.0 Å². The van der Waals surface area contributed by atoms with Gasteiger partial charge < -0.3 is 19.6 Å². The summed E-state index contributed by atoms with van der Waals surface area (Å²) in [6.07, 6.45) is -2.52. The summed E-state index contributed by atoms with van der Waals surface area (Å²) in [5.74, 6) is 0.215. The predicted molar refractivity (Wildman–Crippen MR) is 131 cm³/mol. The second-order valence-electron chi connectivity index (χ2n) is 9.29. The number of alkyl halides is 3. The lowest BCUT2D eigenvalue weighted by molar-refractivity contribution is -0.137. The van der Waals surface area contributed by atoms with E-state index in [-0.39, 0.29) is 29.4 Å². The number of halogens is 3. The van der Waals surface area contributed by atoms with Crippen molar-refractivity contribution in [2.45, 2.75) is 43.5 Å². The number of nitrogens with zero attached hydrogens (tertiary/aromatic N) is 4. The zero-order valence-corrected chi connectivity index (χ0v) is 20.2. The minimum Gasteiger partial charge on any atom is -0.484 e. The zero-order chi connectivity index (χ0) is 25.8. The number of nitriles is 1. The van der Waals surface area contributed by atoms with Gasteiger partial charge in [0.1, 0.15) is 17.4 Å². The van der Waals surface area contributed by atoms with Gasteiger partial charge in [-0.05, 0) is 61.5 Å². The summed E-state index contributed by atoms with van der Waals surface area (Å²) < 4.78 is 46.8. The van der Waals surface area contributed by atoms with Crippen molar-refractivity contribution in [2.75, 3.05) is 34.9 Å². The number of fused-ring (bicyclic) bond motifs is 1. The molecule has 188 valence electrons. The van der Waals surface area contributed by atoms with Crippen molar-refractivity contribution in [1.29, 1.82) is 5.26 Å². The van der Waals surface area contributed by atoms with Crippen LogP contribution in [0.25, 0.3) is 0 Å². The molecule has 2 aliphatic heterocycles. The predicted octanol–water partition coefficient (Wildman–Crippen LogP) is 4.22. The molecule has 1 spiro atoms. The fraction of sp³-hybridized carbons (Fsp3) is 0.400. The fourth-order valence-corrected chi connectivity index (χ4v) is 5.89. The first kappa shape index (κ1) is 24.3.